The lowest BCUT2D eigenvalue weighted by atomic mass is 9.98. The highest BCUT2D eigenvalue weighted by Gasteiger charge is 2.39. The zero-order valence-corrected chi connectivity index (χ0v) is 22.6. The Hall–Kier alpha value is -1.54. The van der Waals surface area contributed by atoms with Gasteiger partial charge in [0.25, 0.3) is 0 Å². The Morgan fingerprint density at radius 2 is 1.83 bits per heavy atom. The predicted octanol–water partition coefficient (Wildman–Crippen LogP) is 4.90. The van der Waals surface area contributed by atoms with Gasteiger partial charge in [-0.2, -0.15) is 5.26 Å². The van der Waals surface area contributed by atoms with Crippen LogP contribution in [0.15, 0.2) is 48.5 Å². The fourth-order valence-corrected chi connectivity index (χ4v) is 3.31. The van der Waals surface area contributed by atoms with E-state index < -0.39 is 5.79 Å². The lowest BCUT2D eigenvalue weighted by Crippen LogP contribution is -2.54. The van der Waals surface area contributed by atoms with E-state index in [2.05, 4.69) is 21.2 Å². The first-order chi connectivity index (χ1) is 16.1. The summed E-state index contributed by atoms with van der Waals surface area (Å²) in [5.41, 5.74) is 6.11. The van der Waals surface area contributed by atoms with Crippen LogP contribution in [-0.2, 0) is 10.5 Å². The van der Waals surface area contributed by atoms with Gasteiger partial charge in [-0.1, -0.05) is 70.8 Å². The van der Waals surface area contributed by atoms with Gasteiger partial charge in [-0.25, -0.2) is 0 Å². The molecular formula is C25H36BrCl2N3O4. The molecule has 0 bridgehead atoms. The highest BCUT2D eigenvalue weighted by Crippen LogP contribution is 2.30. The Kier molecular flexibility index (Phi) is 20.0. The number of benzene rings is 2. The summed E-state index contributed by atoms with van der Waals surface area (Å²) in [6.45, 7) is 6.83. The Bertz CT molecular complexity index is 910. The molecule has 3 unspecified atom stereocenters. The zero-order valence-electron chi connectivity index (χ0n) is 19.5. The number of ether oxygens (including phenoxy) is 1. The molecule has 0 aliphatic carbocycles. The normalized spacial score (nSPS) is 18.9. The number of halogens is 3. The topological polar surface area (TPSA) is 129 Å². The molecule has 0 saturated carbocycles. The summed E-state index contributed by atoms with van der Waals surface area (Å²) in [5, 5.41) is 29.8. The van der Waals surface area contributed by atoms with Crippen LogP contribution < -0.4 is 11.1 Å². The Morgan fingerprint density at radius 1 is 1.31 bits per heavy atom. The number of aliphatic hydroxyl groups excluding tert-OH is 1. The molecule has 10 heteroatoms. The van der Waals surface area contributed by atoms with E-state index in [4.69, 9.17) is 44.0 Å². The maximum absolute atomic E-state index is 11.4. The molecule has 1 fully saturated rings. The van der Waals surface area contributed by atoms with Crippen molar-refractivity contribution < 1.29 is 19.7 Å². The largest absolute Gasteiger partial charge is 0.395 e. The van der Waals surface area contributed by atoms with Crippen molar-refractivity contribution in [3.8, 4) is 6.07 Å². The number of nitrogens with two attached hydrogens (primary N) is 1. The molecule has 1 saturated heterocycles. The van der Waals surface area contributed by atoms with E-state index in [-0.39, 0.29) is 30.7 Å². The number of nitrogens with zero attached hydrogens (tertiary/aromatic N) is 1. The predicted molar refractivity (Wildman–Crippen MR) is 147 cm³/mol. The van der Waals surface area contributed by atoms with Crippen molar-refractivity contribution in [2.24, 2.45) is 5.73 Å². The van der Waals surface area contributed by atoms with E-state index >= 15 is 0 Å². The van der Waals surface area contributed by atoms with E-state index in [0.717, 1.165) is 6.54 Å². The standard InChI is InChI=1S/C11H14ClNO2.C9H8BrClO.C2H7NO.C2H3N.CH4/c1-8-11(14,15-6-5-13-8)9-3-2-4-10(12)7-9;1-6(10)9(12)7-3-2-4-8(11)5-7;3-1-2-4;1-2-3;/h2-4,7-8,13-14H,5-6H2,1H3;2-6H,1H3;4H,1-3H2;1H3;1H4. The quantitative estimate of drug-likeness (QED) is 0.293. The second-order valence-corrected chi connectivity index (χ2v) is 9.20. The maximum atomic E-state index is 11.4. The van der Waals surface area contributed by atoms with Gasteiger partial charge >= 0.3 is 0 Å². The average molecular weight is 593 g/mol. The molecule has 0 amide bonds. The summed E-state index contributed by atoms with van der Waals surface area (Å²) in [6.07, 6.45) is 0. The van der Waals surface area contributed by atoms with Gasteiger partial charge < -0.3 is 26.0 Å². The number of nitriles is 1. The van der Waals surface area contributed by atoms with Crippen molar-refractivity contribution in [2.75, 3.05) is 26.3 Å². The molecule has 5 N–H and O–H groups in total. The molecule has 0 radical (unpaired) electrons. The molecule has 3 atom stereocenters. The number of Topliss-reactive ketones (excluding diaryl/α,β-unsaturated/α-hetero) is 1. The van der Waals surface area contributed by atoms with Crippen molar-refractivity contribution in [1.29, 1.82) is 5.26 Å². The van der Waals surface area contributed by atoms with Crippen LogP contribution in [0, 0.1) is 11.3 Å². The first-order valence-corrected chi connectivity index (χ1v) is 12.2. The van der Waals surface area contributed by atoms with Crippen molar-refractivity contribution in [1.82, 2.24) is 5.32 Å². The van der Waals surface area contributed by atoms with E-state index in [1.807, 2.05) is 13.0 Å². The second kappa shape index (κ2) is 19.6. The fourth-order valence-electron chi connectivity index (χ4n) is 2.66. The molecule has 2 aromatic rings. The number of carbonyl (C=O) groups excluding carboxylic acids is 1. The third-order valence-corrected chi connectivity index (χ3v) is 5.19. The lowest BCUT2D eigenvalue weighted by molar-refractivity contribution is -0.245. The SMILES string of the molecule is C.CC#N.CC(Br)C(=O)c1cccc(Cl)c1.CC1NCCOC1(O)c1cccc(Cl)c1.NCCO. The van der Waals surface area contributed by atoms with Crippen LogP contribution in [-0.4, -0.2) is 53.2 Å². The molecule has 35 heavy (non-hydrogen) atoms. The molecule has 2 aromatic carbocycles. The van der Waals surface area contributed by atoms with Crippen LogP contribution in [0.25, 0.3) is 0 Å². The van der Waals surface area contributed by atoms with Crippen molar-refractivity contribution >= 4 is 44.9 Å². The summed E-state index contributed by atoms with van der Waals surface area (Å²) in [5.74, 6) is -1.22. The highest BCUT2D eigenvalue weighted by atomic mass is 79.9. The number of ketones is 1. The first-order valence-electron chi connectivity index (χ1n) is 10.5. The molecule has 0 aromatic heterocycles. The number of rotatable bonds is 4. The van der Waals surface area contributed by atoms with E-state index in [0.29, 0.717) is 34.3 Å². The second-order valence-electron chi connectivity index (χ2n) is 6.96. The number of morpholine rings is 1. The van der Waals surface area contributed by atoms with Gasteiger partial charge in [0.1, 0.15) is 0 Å². The Morgan fingerprint density at radius 3 is 2.26 bits per heavy atom. The molecular weight excluding hydrogens is 557 g/mol. The minimum absolute atomic E-state index is 0. The molecule has 1 aliphatic rings. The average Bonchev–Trinajstić information content (AvgIpc) is 2.81. The van der Waals surface area contributed by atoms with Crippen LogP contribution >= 0.6 is 39.1 Å². The zero-order chi connectivity index (χ0) is 26.1. The molecule has 1 heterocycles. The Balaban J connectivity index is 0. The van der Waals surface area contributed by atoms with E-state index in [1.165, 1.54) is 6.92 Å². The van der Waals surface area contributed by atoms with Gasteiger partial charge in [-0.15, -0.1) is 0 Å². The minimum atomic E-state index is -1.27. The van der Waals surface area contributed by atoms with Gasteiger partial charge in [-0.3, -0.25) is 4.79 Å². The molecule has 3 rings (SSSR count). The van der Waals surface area contributed by atoms with Gasteiger partial charge in [0.05, 0.1) is 30.2 Å². The number of hydrogen-bond acceptors (Lipinski definition) is 7. The maximum Gasteiger partial charge on any atom is 0.208 e. The summed E-state index contributed by atoms with van der Waals surface area (Å²) in [6, 6.07) is 15.7. The first kappa shape index (κ1) is 35.6. The lowest BCUT2D eigenvalue weighted by Gasteiger charge is -2.38. The van der Waals surface area contributed by atoms with Gasteiger partial charge in [-0.05, 0) is 38.1 Å². The van der Waals surface area contributed by atoms with Crippen LogP contribution in [0.1, 0.15) is 44.1 Å². The van der Waals surface area contributed by atoms with Crippen molar-refractivity contribution in [2.45, 2.75) is 44.9 Å². The van der Waals surface area contributed by atoms with E-state index in [1.54, 1.807) is 55.5 Å². The third-order valence-electron chi connectivity index (χ3n) is 4.30. The van der Waals surface area contributed by atoms with Crippen molar-refractivity contribution in [3.63, 3.8) is 0 Å². The van der Waals surface area contributed by atoms with Crippen LogP contribution in [0.3, 0.4) is 0 Å². The summed E-state index contributed by atoms with van der Waals surface area (Å²) in [4.78, 5) is 11.2. The molecule has 196 valence electrons. The van der Waals surface area contributed by atoms with E-state index in [9.17, 15) is 9.90 Å². The van der Waals surface area contributed by atoms with Gasteiger partial charge in [0.2, 0.25) is 5.79 Å². The number of alkyl halides is 1. The number of carbonyl (C=O) groups is 1. The van der Waals surface area contributed by atoms with Crippen molar-refractivity contribution in [3.05, 3.63) is 69.7 Å². The molecule has 7 nitrogen and oxygen atoms in total. The Labute approximate surface area is 227 Å². The monoisotopic (exact) mass is 591 g/mol. The van der Waals surface area contributed by atoms with Crippen LogP contribution in [0.2, 0.25) is 10.0 Å². The summed E-state index contributed by atoms with van der Waals surface area (Å²) >= 11 is 14.8. The third kappa shape index (κ3) is 13.4. The van der Waals surface area contributed by atoms with Crippen LogP contribution in [0.5, 0.6) is 0 Å². The van der Waals surface area contributed by atoms with Gasteiger partial charge in [0.15, 0.2) is 5.78 Å². The number of aliphatic hydroxyl groups is 2. The fraction of sp³-hybridized carbons (Fsp3) is 0.440. The smallest absolute Gasteiger partial charge is 0.208 e. The number of nitrogens with one attached hydrogen (secondary N) is 1. The minimum Gasteiger partial charge on any atom is -0.395 e. The van der Waals surface area contributed by atoms with Gasteiger partial charge in [0, 0.05) is 41.2 Å². The summed E-state index contributed by atoms with van der Waals surface area (Å²) < 4.78 is 5.45. The highest BCUT2D eigenvalue weighted by molar-refractivity contribution is 9.10. The molecule has 0 spiro atoms. The number of hydrogen-bond donors (Lipinski definition) is 4. The van der Waals surface area contributed by atoms with Crippen LogP contribution in [0.4, 0.5) is 0 Å². The summed E-state index contributed by atoms with van der Waals surface area (Å²) in [7, 11) is 0. The molecule has 1 aliphatic heterocycles.